The van der Waals surface area contributed by atoms with Crippen molar-refractivity contribution >= 4 is 34.9 Å². The fourth-order valence-corrected chi connectivity index (χ4v) is 4.08. The first-order valence-electron chi connectivity index (χ1n) is 9.14. The van der Waals surface area contributed by atoms with Crippen molar-refractivity contribution in [2.24, 2.45) is 0 Å². The van der Waals surface area contributed by atoms with Crippen molar-refractivity contribution in [3.8, 4) is 16.5 Å². The van der Waals surface area contributed by atoms with Crippen molar-refractivity contribution in [2.75, 3.05) is 19.0 Å². The van der Waals surface area contributed by atoms with Crippen molar-refractivity contribution in [1.82, 2.24) is 14.8 Å². The largest absolute Gasteiger partial charge is 0.494 e. The third-order valence-corrected chi connectivity index (χ3v) is 5.75. The van der Waals surface area contributed by atoms with E-state index >= 15 is 0 Å². The summed E-state index contributed by atoms with van der Waals surface area (Å²) in [5.74, 6) is 0.795. The summed E-state index contributed by atoms with van der Waals surface area (Å²) in [7, 11) is 0. The number of benzene rings is 1. The summed E-state index contributed by atoms with van der Waals surface area (Å²) >= 11 is 2.83. The molecule has 1 aromatic carbocycles. The minimum atomic E-state index is -0.474. The smallest absolute Gasteiger partial charge is 0.316 e. The second-order valence-electron chi connectivity index (χ2n) is 5.86. The first-order valence-corrected chi connectivity index (χ1v) is 11.0. The van der Waals surface area contributed by atoms with Crippen LogP contribution in [0.25, 0.3) is 10.7 Å². The molecule has 2 aromatic heterocycles. The van der Waals surface area contributed by atoms with Gasteiger partial charge >= 0.3 is 5.97 Å². The second-order valence-corrected chi connectivity index (χ2v) is 7.75. The van der Waals surface area contributed by atoms with Crippen LogP contribution in [0.3, 0.4) is 0 Å². The number of aromatic nitrogens is 3. The van der Waals surface area contributed by atoms with Crippen LogP contribution in [0, 0.1) is 0 Å². The lowest BCUT2D eigenvalue weighted by molar-refractivity contribution is -0.139. The highest BCUT2D eigenvalue weighted by Gasteiger charge is 2.16. The summed E-state index contributed by atoms with van der Waals surface area (Å²) in [6.45, 7) is 4.84. The molecular weight excluding hydrogens is 410 g/mol. The highest BCUT2D eigenvalue weighted by molar-refractivity contribution is 7.99. The maximum absolute atomic E-state index is 12.2. The molecule has 0 spiro atoms. The lowest BCUT2D eigenvalue weighted by Gasteiger charge is -2.07. The van der Waals surface area contributed by atoms with E-state index in [-0.39, 0.29) is 18.1 Å². The van der Waals surface area contributed by atoms with Crippen LogP contribution >= 0.6 is 23.1 Å². The maximum atomic E-state index is 12.2. The Hall–Kier alpha value is -2.65. The number of hydrogen-bond acceptors (Lipinski definition) is 8. The van der Waals surface area contributed by atoms with Gasteiger partial charge in [0.1, 0.15) is 5.75 Å². The minimum absolute atomic E-state index is 0.0547. The van der Waals surface area contributed by atoms with Crippen LogP contribution in [0.1, 0.15) is 24.2 Å². The predicted octanol–water partition coefficient (Wildman–Crippen LogP) is 3.94. The van der Waals surface area contributed by atoms with E-state index < -0.39 is 5.97 Å². The van der Waals surface area contributed by atoms with Crippen LogP contribution < -0.4 is 4.74 Å². The molecular formula is C20H21N3O4S2. The summed E-state index contributed by atoms with van der Waals surface area (Å²) in [6.07, 6.45) is 0. The summed E-state index contributed by atoms with van der Waals surface area (Å²) in [5.41, 5.74) is 0.472. The topological polar surface area (TPSA) is 83.3 Å². The molecule has 7 nitrogen and oxygen atoms in total. The third-order valence-electron chi connectivity index (χ3n) is 3.95. The molecule has 0 amide bonds. The van der Waals surface area contributed by atoms with Crippen molar-refractivity contribution in [1.29, 1.82) is 0 Å². The van der Waals surface area contributed by atoms with E-state index in [0.717, 1.165) is 10.7 Å². The van der Waals surface area contributed by atoms with E-state index in [2.05, 4.69) is 10.2 Å². The molecule has 0 aliphatic carbocycles. The standard InChI is InChI=1S/C20H21N3O4S2/c1-3-23-19(17-6-5-11-28-17)21-22-20(23)29-13-18(25)27-12-16(24)14-7-9-15(10-8-14)26-4-2/h5-11H,3-4,12-13H2,1-2H3. The van der Waals surface area contributed by atoms with Crippen molar-refractivity contribution in [3.63, 3.8) is 0 Å². The van der Waals surface area contributed by atoms with Gasteiger partial charge in [-0.2, -0.15) is 0 Å². The molecule has 9 heteroatoms. The molecule has 0 saturated heterocycles. The van der Waals surface area contributed by atoms with Gasteiger partial charge in [-0.3, -0.25) is 9.59 Å². The minimum Gasteiger partial charge on any atom is -0.494 e. The van der Waals surface area contributed by atoms with E-state index in [1.165, 1.54) is 11.8 Å². The quantitative estimate of drug-likeness (QED) is 0.273. The van der Waals surface area contributed by atoms with Gasteiger partial charge in [-0.25, -0.2) is 0 Å². The molecule has 2 heterocycles. The van der Waals surface area contributed by atoms with Crippen LogP contribution in [0.2, 0.25) is 0 Å². The molecule has 0 fully saturated rings. The number of carbonyl (C=O) groups excluding carboxylic acids is 2. The molecule has 0 bridgehead atoms. The predicted molar refractivity (Wildman–Crippen MR) is 113 cm³/mol. The number of Topliss-reactive ketones (excluding diaryl/α,β-unsaturated/α-hetero) is 1. The Bertz CT molecular complexity index is 953. The van der Waals surface area contributed by atoms with Gasteiger partial charge in [-0.05, 0) is 49.6 Å². The number of carbonyl (C=O) groups is 2. The molecule has 29 heavy (non-hydrogen) atoms. The lowest BCUT2D eigenvalue weighted by atomic mass is 10.1. The molecule has 0 saturated carbocycles. The Labute approximate surface area is 177 Å². The Morgan fingerprint density at radius 1 is 1.14 bits per heavy atom. The average Bonchev–Trinajstić information content (AvgIpc) is 3.40. The third kappa shape index (κ3) is 5.45. The summed E-state index contributed by atoms with van der Waals surface area (Å²) in [6, 6.07) is 10.7. The Kier molecular flexibility index (Phi) is 7.42. The Morgan fingerprint density at radius 3 is 2.59 bits per heavy atom. The van der Waals surface area contributed by atoms with Gasteiger partial charge in [-0.15, -0.1) is 21.5 Å². The molecule has 0 unspecified atom stereocenters. The zero-order valence-electron chi connectivity index (χ0n) is 16.2. The van der Waals surface area contributed by atoms with Crippen molar-refractivity contribution in [2.45, 2.75) is 25.5 Å². The van der Waals surface area contributed by atoms with E-state index in [0.29, 0.717) is 29.6 Å². The Morgan fingerprint density at radius 2 is 1.93 bits per heavy atom. The summed E-state index contributed by atoms with van der Waals surface area (Å²) in [4.78, 5) is 25.3. The van der Waals surface area contributed by atoms with Gasteiger partial charge in [0.15, 0.2) is 23.4 Å². The zero-order valence-corrected chi connectivity index (χ0v) is 17.8. The van der Waals surface area contributed by atoms with Gasteiger partial charge in [-0.1, -0.05) is 17.8 Å². The number of esters is 1. The lowest BCUT2D eigenvalue weighted by Crippen LogP contribution is -2.15. The molecule has 0 atom stereocenters. The molecule has 3 aromatic rings. The molecule has 0 radical (unpaired) electrons. The number of thiophene rings is 1. The van der Waals surface area contributed by atoms with Crippen LogP contribution in [0.4, 0.5) is 0 Å². The highest BCUT2D eigenvalue weighted by Crippen LogP contribution is 2.27. The maximum Gasteiger partial charge on any atom is 0.316 e. The van der Waals surface area contributed by atoms with Crippen LogP contribution in [-0.2, 0) is 16.1 Å². The fraction of sp³-hybridized carbons (Fsp3) is 0.300. The number of ketones is 1. The van der Waals surface area contributed by atoms with Crippen LogP contribution in [-0.4, -0.2) is 45.5 Å². The normalized spacial score (nSPS) is 10.7. The monoisotopic (exact) mass is 431 g/mol. The molecule has 152 valence electrons. The Balaban J connectivity index is 1.51. The van der Waals surface area contributed by atoms with E-state index in [9.17, 15) is 9.59 Å². The van der Waals surface area contributed by atoms with Gasteiger partial charge in [0.2, 0.25) is 0 Å². The van der Waals surface area contributed by atoms with Crippen LogP contribution in [0.5, 0.6) is 5.75 Å². The number of ether oxygens (including phenoxy) is 2. The van der Waals surface area contributed by atoms with E-state index in [1.807, 2.05) is 35.9 Å². The summed E-state index contributed by atoms with van der Waals surface area (Å²) < 4.78 is 12.4. The molecule has 0 aliphatic rings. The number of thioether (sulfide) groups is 1. The first-order chi connectivity index (χ1) is 14.1. The molecule has 3 rings (SSSR count). The fourth-order valence-electron chi connectivity index (χ4n) is 2.57. The number of rotatable bonds is 10. The van der Waals surface area contributed by atoms with Gasteiger partial charge in [0, 0.05) is 12.1 Å². The van der Waals surface area contributed by atoms with Crippen LogP contribution in [0.15, 0.2) is 46.9 Å². The molecule has 0 aliphatic heterocycles. The van der Waals surface area contributed by atoms with Gasteiger partial charge in [0.25, 0.3) is 0 Å². The molecule has 0 N–H and O–H groups in total. The number of nitrogens with zero attached hydrogens (tertiary/aromatic N) is 3. The zero-order chi connectivity index (χ0) is 20.6. The summed E-state index contributed by atoms with van der Waals surface area (Å²) in [5, 5.41) is 11.0. The van der Waals surface area contributed by atoms with Gasteiger partial charge < -0.3 is 14.0 Å². The van der Waals surface area contributed by atoms with E-state index in [4.69, 9.17) is 9.47 Å². The SMILES string of the molecule is CCOc1ccc(C(=O)COC(=O)CSc2nnc(-c3cccs3)n2CC)cc1. The number of hydrogen-bond donors (Lipinski definition) is 0. The average molecular weight is 432 g/mol. The van der Waals surface area contributed by atoms with E-state index in [1.54, 1.807) is 35.6 Å². The van der Waals surface area contributed by atoms with Gasteiger partial charge in [0.05, 0.1) is 17.2 Å². The highest BCUT2D eigenvalue weighted by atomic mass is 32.2. The van der Waals surface area contributed by atoms with Crippen molar-refractivity contribution < 1.29 is 19.1 Å². The first kappa shape index (κ1) is 21.1. The second kappa shape index (κ2) is 10.2. The van der Waals surface area contributed by atoms with Crippen molar-refractivity contribution in [3.05, 3.63) is 47.3 Å².